The lowest BCUT2D eigenvalue weighted by atomic mass is 10.2. The Labute approximate surface area is 161 Å². The highest BCUT2D eigenvalue weighted by molar-refractivity contribution is 5.35. The Kier molecular flexibility index (Phi) is 4.38. The molecule has 0 amide bonds. The first kappa shape index (κ1) is 17.8. The predicted molar refractivity (Wildman–Crippen MR) is 103 cm³/mol. The Bertz CT molecular complexity index is 1160. The molecule has 28 heavy (non-hydrogen) atoms. The molecule has 0 aliphatic rings. The standard InChI is InChI=1S/C20H21N5O3/c1-13-18(15(3)28-22-13)12-23-11-17(9-21-23)25-19(26)14(2)24(20(25)27)10-16-7-5-4-6-8-16/h4-9,11,26H,10,12H2,1-3H3. The molecule has 0 aliphatic carbocycles. The number of benzene rings is 1. The van der Waals surface area contributed by atoms with Gasteiger partial charge in [0.05, 0.1) is 36.4 Å². The maximum Gasteiger partial charge on any atom is 0.336 e. The van der Waals surface area contributed by atoms with E-state index in [1.807, 2.05) is 44.2 Å². The van der Waals surface area contributed by atoms with Crippen LogP contribution < -0.4 is 5.69 Å². The maximum atomic E-state index is 13.0. The number of nitrogens with zero attached hydrogens (tertiary/aromatic N) is 5. The van der Waals surface area contributed by atoms with E-state index in [4.69, 9.17) is 4.52 Å². The molecule has 8 nitrogen and oxygen atoms in total. The second-order valence-electron chi connectivity index (χ2n) is 6.80. The molecule has 1 aromatic carbocycles. The first-order valence-electron chi connectivity index (χ1n) is 8.95. The zero-order valence-corrected chi connectivity index (χ0v) is 16.0. The van der Waals surface area contributed by atoms with E-state index in [9.17, 15) is 9.90 Å². The fourth-order valence-corrected chi connectivity index (χ4v) is 3.27. The van der Waals surface area contributed by atoms with Crippen molar-refractivity contribution in [2.45, 2.75) is 33.9 Å². The number of aryl methyl sites for hydroxylation is 2. The normalized spacial score (nSPS) is 11.2. The summed E-state index contributed by atoms with van der Waals surface area (Å²) in [6, 6.07) is 9.66. The van der Waals surface area contributed by atoms with E-state index in [1.165, 1.54) is 4.57 Å². The van der Waals surface area contributed by atoms with Crippen LogP contribution in [0.2, 0.25) is 0 Å². The Morgan fingerprint density at radius 2 is 1.86 bits per heavy atom. The molecule has 4 rings (SSSR count). The minimum absolute atomic E-state index is 0.0854. The summed E-state index contributed by atoms with van der Waals surface area (Å²) in [7, 11) is 0. The quantitative estimate of drug-likeness (QED) is 0.575. The minimum Gasteiger partial charge on any atom is -0.493 e. The molecule has 1 N–H and O–H groups in total. The molecule has 0 radical (unpaired) electrons. The van der Waals surface area contributed by atoms with E-state index in [1.54, 1.807) is 28.6 Å². The van der Waals surface area contributed by atoms with E-state index in [0.29, 0.717) is 24.5 Å². The topological polar surface area (TPSA) is 91.0 Å². The summed E-state index contributed by atoms with van der Waals surface area (Å²) in [4.78, 5) is 13.0. The van der Waals surface area contributed by atoms with Crippen molar-refractivity contribution in [3.63, 3.8) is 0 Å². The van der Waals surface area contributed by atoms with Crippen molar-refractivity contribution in [1.82, 2.24) is 24.1 Å². The fourth-order valence-electron chi connectivity index (χ4n) is 3.27. The summed E-state index contributed by atoms with van der Waals surface area (Å²) in [5.41, 5.74) is 3.44. The Hall–Kier alpha value is -3.55. The van der Waals surface area contributed by atoms with Crippen molar-refractivity contribution in [1.29, 1.82) is 0 Å². The van der Waals surface area contributed by atoms with Crippen molar-refractivity contribution in [3.8, 4) is 11.6 Å². The molecule has 0 fully saturated rings. The summed E-state index contributed by atoms with van der Waals surface area (Å²) in [5, 5.41) is 18.8. The number of hydrogen-bond acceptors (Lipinski definition) is 5. The number of aromatic hydroxyl groups is 1. The molecule has 0 spiro atoms. The van der Waals surface area contributed by atoms with Gasteiger partial charge in [-0.2, -0.15) is 5.10 Å². The summed E-state index contributed by atoms with van der Waals surface area (Å²) < 4.78 is 9.70. The van der Waals surface area contributed by atoms with Gasteiger partial charge in [0.15, 0.2) is 0 Å². The first-order valence-corrected chi connectivity index (χ1v) is 8.95. The number of imidazole rings is 1. The minimum atomic E-state index is -0.309. The van der Waals surface area contributed by atoms with Crippen molar-refractivity contribution in [3.05, 3.63) is 81.5 Å². The molecule has 3 aromatic heterocycles. The zero-order chi connectivity index (χ0) is 19.8. The van der Waals surface area contributed by atoms with Gasteiger partial charge < -0.3 is 9.63 Å². The Morgan fingerprint density at radius 3 is 2.54 bits per heavy atom. The van der Waals surface area contributed by atoms with E-state index < -0.39 is 0 Å². The average Bonchev–Trinajstić information content (AvgIpc) is 3.33. The lowest BCUT2D eigenvalue weighted by molar-refractivity contribution is 0.391. The molecule has 0 saturated carbocycles. The maximum absolute atomic E-state index is 13.0. The van der Waals surface area contributed by atoms with Gasteiger partial charge in [-0.1, -0.05) is 35.5 Å². The van der Waals surface area contributed by atoms with Gasteiger partial charge in [0.2, 0.25) is 5.88 Å². The van der Waals surface area contributed by atoms with Gasteiger partial charge in [-0.3, -0.25) is 9.25 Å². The average molecular weight is 379 g/mol. The van der Waals surface area contributed by atoms with E-state index in [0.717, 1.165) is 22.6 Å². The van der Waals surface area contributed by atoms with Crippen molar-refractivity contribution in [2.24, 2.45) is 0 Å². The number of aromatic nitrogens is 5. The molecule has 3 heterocycles. The van der Waals surface area contributed by atoms with Gasteiger partial charge in [0.1, 0.15) is 5.76 Å². The van der Waals surface area contributed by atoms with Crippen LogP contribution in [0.5, 0.6) is 5.88 Å². The van der Waals surface area contributed by atoms with Crippen molar-refractivity contribution >= 4 is 0 Å². The van der Waals surface area contributed by atoms with Crippen LogP contribution in [0.3, 0.4) is 0 Å². The van der Waals surface area contributed by atoms with Crippen LogP contribution >= 0.6 is 0 Å². The molecule has 144 valence electrons. The van der Waals surface area contributed by atoms with Gasteiger partial charge >= 0.3 is 5.69 Å². The fraction of sp³-hybridized carbons (Fsp3) is 0.250. The molecule has 4 aromatic rings. The second kappa shape index (κ2) is 6.88. The molecule has 0 unspecified atom stereocenters. The molecular formula is C20H21N5O3. The van der Waals surface area contributed by atoms with Crippen molar-refractivity contribution < 1.29 is 9.63 Å². The Morgan fingerprint density at radius 1 is 1.11 bits per heavy atom. The van der Waals surface area contributed by atoms with E-state index in [-0.39, 0.29) is 11.6 Å². The van der Waals surface area contributed by atoms with Crippen LogP contribution in [-0.2, 0) is 13.1 Å². The van der Waals surface area contributed by atoms with Gasteiger partial charge in [-0.25, -0.2) is 9.36 Å². The van der Waals surface area contributed by atoms with Gasteiger partial charge in [0, 0.05) is 11.8 Å². The summed E-state index contributed by atoms with van der Waals surface area (Å²) in [6.07, 6.45) is 3.28. The SMILES string of the molecule is Cc1noc(C)c1Cn1cc(-n2c(O)c(C)n(Cc3ccccc3)c2=O)cn1. The monoisotopic (exact) mass is 379 g/mol. The summed E-state index contributed by atoms with van der Waals surface area (Å²) in [6.45, 7) is 6.31. The molecule has 8 heteroatoms. The van der Waals surface area contributed by atoms with E-state index in [2.05, 4.69) is 10.3 Å². The van der Waals surface area contributed by atoms with Crippen molar-refractivity contribution in [2.75, 3.05) is 0 Å². The first-order chi connectivity index (χ1) is 13.5. The van der Waals surface area contributed by atoms with E-state index >= 15 is 0 Å². The van der Waals surface area contributed by atoms with Gasteiger partial charge in [0.25, 0.3) is 0 Å². The molecule has 0 atom stereocenters. The zero-order valence-electron chi connectivity index (χ0n) is 16.0. The van der Waals surface area contributed by atoms with Gasteiger partial charge in [-0.05, 0) is 26.3 Å². The highest BCUT2D eigenvalue weighted by Gasteiger charge is 2.19. The highest BCUT2D eigenvalue weighted by Crippen LogP contribution is 2.21. The smallest absolute Gasteiger partial charge is 0.336 e. The lowest BCUT2D eigenvalue weighted by Gasteiger charge is -2.03. The molecule has 0 saturated heterocycles. The van der Waals surface area contributed by atoms with Gasteiger partial charge in [-0.15, -0.1) is 0 Å². The largest absolute Gasteiger partial charge is 0.493 e. The van der Waals surface area contributed by atoms with Crippen LogP contribution in [0.25, 0.3) is 5.69 Å². The summed E-state index contributed by atoms with van der Waals surface area (Å²) in [5.74, 6) is 0.650. The molecule has 0 bridgehead atoms. The number of hydrogen-bond donors (Lipinski definition) is 1. The third-order valence-electron chi connectivity index (χ3n) is 4.93. The van der Waals surface area contributed by atoms with Crippen LogP contribution in [0, 0.1) is 20.8 Å². The third kappa shape index (κ3) is 3.02. The number of rotatable bonds is 5. The second-order valence-corrected chi connectivity index (χ2v) is 6.80. The van der Waals surface area contributed by atoms with Crippen LogP contribution in [0.15, 0.2) is 52.0 Å². The summed E-state index contributed by atoms with van der Waals surface area (Å²) >= 11 is 0. The van der Waals surface area contributed by atoms with Crippen LogP contribution in [0.4, 0.5) is 0 Å². The molecule has 0 aliphatic heterocycles. The molecular weight excluding hydrogens is 358 g/mol. The predicted octanol–water partition coefficient (Wildman–Crippen LogP) is 2.55. The highest BCUT2D eigenvalue weighted by atomic mass is 16.5. The Balaban J connectivity index is 1.68. The lowest BCUT2D eigenvalue weighted by Crippen LogP contribution is -2.24. The third-order valence-corrected chi connectivity index (χ3v) is 4.93. The van der Waals surface area contributed by atoms with Crippen LogP contribution in [-0.4, -0.2) is 29.2 Å². The van der Waals surface area contributed by atoms with Crippen LogP contribution in [0.1, 0.15) is 28.3 Å².